The molecule has 0 aliphatic carbocycles. The number of benzene rings is 1. The average Bonchev–Trinajstić information content (AvgIpc) is 2.36. The lowest BCUT2D eigenvalue weighted by Gasteiger charge is -2.18. The first-order valence-corrected chi connectivity index (χ1v) is 6.51. The number of hydrogen-bond donors (Lipinski definition) is 0. The largest absolute Gasteiger partial charge is 0.422 e. The number of nitro benzene ring substituents is 1. The molecule has 1 heterocycles. The van der Waals surface area contributed by atoms with Gasteiger partial charge in [0.25, 0.3) is 5.69 Å². The highest BCUT2D eigenvalue weighted by atomic mass is 16.6. The van der Waals surface area contributed by atoms with Crippen molar-refractivity contribution < 1.29 is 9.34 Å². The molecule has 0 radical (unpaired) electrons. The summed E-state index contributed by atoms with van der Waals surface area (Å²) in [6, 6.07) is 3.82. The minimum atomic E-state index is -0.856. The van der Waals surface area contributed by atoms with Crippen molar-refractivity contribution in [3.8, 4) is 0 Å². The summed E-state index contributed by atoms with van der Waals surface area (Å²) in [6.45, 7) is 6.47. The first kappa shape index (κ1) is 15.0. The fourth-order valence-corrected chi connectivity index (χ4v) is 1.98. The smallest absolute Gasteiger partial charge is 0.372 e. The SMILES string of the molecule is CC(C)(C)CCn1c(=O)oc(=O)c2cc([N+](=O)[O-])ccc21. The van der Waals surface area contributed by atoms with Crippen LogP contribution in [0, 0.1) is 15.5 Å². The zero-order valence-corrected chi connectivity index (χ0v) is 12.1. The van der Waals surface area contributed by atoms with E-state index in [1.165, 1.54) is 16.7 Å². The predicted octanol–water partition coefficient (Wildman–Crippen LogP) is 2.30. The predicted molar refractivity (Wildman–Crippen MR) is 77.5 cm³/mol. The molecule has 0 spiro atoms. The number of nitro groups is 1. The molecule has 0 unspecified atom stereocenters. The summed E-state index contributed by atoms with van der Waals surface area (Å²) < 4.78 is 5.99. The maximum Gasteiger partial charge on any atom is 0.422 e. The van der Waals surface area contributed by atoms with Crippen molar-refractivity contribution in [2.75, 3.05) is 0 Å². The van der Waals surface area contributed by atoms with Gasteiger partial charge in [-0.2, -0.15) is 0 Å². The number of hydrogen-bond acceptors (Lipinski definition) is 5. The Bertz CT molecular complexity index is 811. The third-order valence-electron chi connectivity index (χ3n) is 3.19. The van der Waals surface area contributed by atoms with Crippen molar-refractivity contribution >= 4 is 16.6 Å². The van der Waals surface area contributed by atoms with Gasteiger partial charge in [-0.3, -0.25) is 14.7 Å². The van der Waals surface area contributed by atoms with Crippen LogP contribution in [0.4, 0.5) is 5.69 Å². The van der Waals surface area contributed by atoms with Gasteiger partial charge in [0.2, 0.25) is 0 Å². The van der Waals surface area contributed by atoms with E-state index in [0.29, 0.717) is 18.5 Å². The van der Waals surface area contributed by atoms with E-state index in [1.54, 1.807) is 0 Å². The van der Waals surface area contributed by atoms with Gasteiger partial charge in [-0.05, 0) is 17.9 Å². The van der Waals surface area contributed by atoms with Gasteiger partial charge < -0.3 is 4.42 Å². The zero-order chi connectivity index (χ0) is 15.8. The summed E-state index contributed by atoms with van der Waals surface area (Å²) in [5.74, 6) is -0.745. The monoisotopic (exact) mass is 292 g/mol. The van der Waals surface area contributed by atoms with Crippen LogP contribution >= 0.6 is 0 Å². The van der Waals surface area contributed by atoms with E-state index >= 15 is 0 Å². The quantitative estimate of drug-likeness (QED) is 0.639. The number of rotatable bonds is 3. The van der Waals surface area contributed by atoms with Gasteiger partial charge in [-0.15, -0.1) is 0 Å². The van der Waals surface area contributed by atoms with Crippen LogP contribution in [0.3, 0.4) is 0 Å². The molecule has 1 aromatic heterocycles. The maximum absolute atomic E-state index is 11.9. The van der Waals surface area contributed by atoms with Crippen molar-refractivity contribution in [1.29, 1.82) is 0 Å². The molecular formula is C14H16N2O5. The van der Waals surface area contributed by atoms with E-state index in [4.69, 9.17) is 0 Å². The molecule has 0 atom stereocenters. The van der Waals surface area contributed by atoms with Crippen molar-refractivity contribution in [3.63, 3.8) is 0 Å². The van der Waals surface area contributed by atoms with Crippen molar-refractivity contribution in [2.45, 2.75) is 33.7 Å². The first-order chi connectivity index (χ1) is 9.69. The molecule has 0 N–H and O–H groups in total. The van der Waals surface area contributed by atoms with E-state index in [2.05, 4.69) is 4.42 Å². The average molecular weight is 292 g/mol. The number of aromatic nitrogens is 1. The van der Waals surface area contributed by atoms with Crippen LogP contribution in [-0.4, -0.2) is 9.49 Å². The highest BCUT2D eigenvalue weighted by Gasteiger charge is 2.16. The van der Waals surface area contributed by atoms with E-state index < -0.39 is 16.3 Å². The third-order valence-corrected chi connectivity index (χ3v) is 3.19. The van der Waals surface area contributed by atoms with Gasteiger partial charge in [-0.1, -0.05) is 20.8 Å². The van der Waals surface area contributed by atoms with Gasteiger partial charge in [0.05, 0.1) is 15.8 Å². The number of non-ortho nitro benzene ring substituents is 1. The molecule has 0 fully saturated rings. The molecule has 1 aromatic carbocycles. The van der Waals surface area contributed by atoms with Crippen molar-refractivity contribution in [1.82, 2.24) is 4.57 Å². The Hall–Kier alpha value is -2.44. The summed E-state index contributed by atoms with van der Waals surface area (Å²) >= 11 is 0. The van der Waals surface area contributed by atoms with Gasteiger partial charge in [0.1, 0.15) is 0 Å². The number of fused-ring (bicyclic) bond motifs is 1. The molecule has 0 bridgehead atoms. The molecule has 0 aliphatic rings. The summed E-state index contributed by atoms with van der Waals surface area (Å²) in [4.78, 5) is 33.8. The third kappa shape index (κ3) is 3.18. The molecule has 0 aliphatic heterocycles. The Kier molecular flexibility index (Phi) is 3.67. The molecule has 2 aromatic rings. The Morgan fingerprint density at radius 3 is 2.52 bits per heavy atom. The maximum atomic E-state index is 11.9. The highest BCUT2D eigenvalue weighted by Crippen LogP contribution is 2.21. The summed E-state index contributed by atoms with van der Waals surface area (Å²) in [6.07, 6.45) is 0.701. The topological polar surface area (TPSA) is 95.3 Å². The second-order valence-corrected chi connectivity index (χ2v) is 6.08. The minimum absolute atomic E-state index is 0.00266. The Labute approximate surface area is 120 Å². The van der Waals surface area contributed by atoms with Crippen molar-refractivity contribution in [3.05, 3.63) is 49.3 Å². The molecule has 7 heteroatoms. The number of aryl methyl sites for hydroxylation is 1. The lowest BCUT2D eigenvalue weighted by atomic mass is 9.92. The van der Waals surface area contributed by atoms with Crippen LogP contribution in [0.15, 0.2) is 32.2 Å². The molecular weight excluding hydrogens is 276 g/mol. The second kappa shape index (κ2) is 5.16. The zero-order valence-electron chi connectivity index (χ0n) is 12.1. The van der Waals surface area contributed by atoms with Gasteiger partial charge in [0, 0.05) is 18.7 Å². The summed E-state index contributed by atoms with van der Waals surface area (Å²) in [7, 11) is 0. The van der Waals surface area contributed by atoms with Gasteiger partial charge in [-0.25, -0.2) is 9.59 Å². The first-order valence-electron chi connectivity index (χ1n) is 6.51. The van der Waals surface area contributed by atoms with Crippen LogP contribution in [0.1, 0.15) is 27.2 Å². The number of nitrogens with zero attached hydrogens (tertiary/aromatic N) is 2. The van der Waals surface area contributed by atoms with Gasteiger partial charge >= 0.3 is 11.4 Å². The normalized spacial score (nSPS) is 11.8. The lowest BCUT2D eigenvalue weighted by Crippen LogP contribution is -2.26. The molecule has 7 nitrogen and oxygen atoms in total. The molecule has 112 valence electrons. The van der Waals surface area contributed by atoms with E-state index in [-0.39, 0.29) is 16.5 Å². The standard InChI is InChI=1S/C14H16N2O5/c1-14(2,3)6-7-15-11-5-4-9(16(19)20)8-10(11)12(17)21-13(15)18/h4-5,8H,6-7H2,1-3H3. The molecule has 2 rings (SSSR count). The summed E-state index contributed by atoms with van der Waals surface area (Å²) in [5, 5.41) is 10.8. The molecule has 0 saturated heterocycles. The van der Waals surface area contributed by atoms with E-state index in [1.807, 2.05) is 20.8 Å². The van der Waals surface area contributed by atoms with Crippen LogP contribution in [0.25, 0.3) is 10.9 Å². The molecule has 21 heavy (non-hydrogen) atoms. The van der Waals surface area contributed by atoms with E-state index in [0.717, 1.165) is 6.07 Å². The fourth-order valence-electron chi connectivity index (χ4n) is 1.98. The van der Waals surface area contributed by atoms with E-state index in [9.17, 15) is 19.7 Å². The minimum Gasteiger partial charge on any atom is -0.372 e. The Balaban J connectivity index is 2.63. The van der Waals surface area contributed by atoms with Crippen LogP contribution in [0.2, 0.25) is 0 Å². The Morgan fingerprint density at radius 1 is 1.29 bits per heavy atom. The van der Waals surface area contributed by atoms with Crippen molar-refractivity contribution in [2.24, 2.45) is 5.41 Å². The fraction of sp³-hybridized carbons (Fsp3) is 0.429. The van der Waals surface area contributed by atoms with Crippen LogP contribution in [-0.2, 0) is 6.54 Å². The van der Waals surface area contributed by atoms with Gasteiger partial charge in [0.15, 0.2) is 0 Å². The molecule has 0 saturated carbocycles. The van der Waals surface area contributed by atoms with Crippen LogP contribution in [0.5, 0.6) is 0 Å². The van der Waals surface area contributed by atoms with Crippen LogP contribution < -0.4 is 11.4 Å². The summed E-state index contributed by atoms with van der Waals surface area (Å²) in [5.41, 5.74) is -0.713. The molecule has 0 amide bonds. The highest BCUT2D eigenvalue weighted by molar-refractivity contribution is 5.80. The second-order valence-electron chi connectivity index (χ2n) is 6.08. The lowest BCUT2D eigenvalue weighted by molar-refractivity contribution is -0.384. The Morgan fingerprint density at radius 2 is 1.95 bits per heavy atom.